The number of anilines is 2. The van der Waals surface area contributed by atoms with Gasteiger partial charge in [0.15, 0.2) is 0 Å². The molecular formula is C27H33FN4O2. The standard InChI is InChI=1S/C27H33FN4O2/c1-18(19-8-6-9-20(16-19)27(2,3)26(33)34)17-32-23(21-10-4-5-11-22(21)28)13-15-30-24-12-7-14-31-25(24)29/h4-12,14,16,18,23,30,32H,13,15,17H2,1-3H3,(H2,29,31)(H,33,34)/t18-,23+/m1/s1. The van der Waals surface area contributed by atoms with Gasteiger partial charge in [0, 0.05) is 30.9 Å². The van der Waals surface area contributed by atoms with Gasteiger partial charge in [-0.1, -0.05) is 49.4 Å². The molecule has 0 spiro atoms. The van der Waals surface area contributed by atoms with Gasteiger partial charge in [-0.15, -0.1) is 0 Å². The molecule has 5 N–H and O–H groups in total. The largest absolute Gasteiger partial charge is 0.481 e. The Kier molecular flexibility index (Phi) is 8.23. The van der Waals surface area contributed by atoms with Crippen LogP contribution in [0.15, 0.2) is 66.9 Å². The molecule has 2 aromatic carbocycles. The number of rotatable bonds is 11. The fraction of sp³-hybridized carbons (Fsp3) is 0.333. The highest BCUT2D eigenvalue weighted by molar-refractivity contribution is 5.80. The Hall–Kier alpha value is -3.45. The third-order valence-corrected chi connectivity index (χ3v) is 6.25. The lowest BCUT2D eigenvalue weighted by molar-refractivity contribution is -0.142. The van der Waals surface area contributed by atoms with Crippen LogP contribution in [0.5, 0.6) is 0 Å². The lowest BCUT2D eigenvalue weighted by Crippen LogP contribution is -2.29. The number of hydrogen-bond acceptors (Lipinski definition) is 5. The minimum Gasteiger partial charge on any atom is -0.481 e. The van der Waals surface area contributed by atoms with E-state index >= 15 is 0 Å². The van der Waals surface area contributed by atoms with Crippen LogP contribution in [-0.4, -0.2) is 29.1 Å². The molecule has 3 rings (SSSR count). The number of hydrogen-bond donors (Lipinski definition) is 4. The molecule has 0 aliphatic rings. The molecule has 3 aromatic rings. The van der Waals surface area contributed by atoms with Crippen molar-refractivity contribution in [2.75, 3.05) is 24.1 Å². The smallest absolute Gasteiger partial charge is 0.313 e. The predicted molar refractivity (Wildman–Crippen MR) is 134 cm³/mol. The van der Waals surface area contributed by atoms with Crippen LogP contribution in [0, 0.1) is 5.82 Å². The van der Waals surface area contributed by atoms with Crippen molar-refractivity contribution in [1.29, 1.82) is 0 Å². The Labute approximate surface area is 200 Å². The first-order valence-electron chi connectivity index (χ1n) is 11.5. The number of benzene rings is 2. The molecule has 0 saturated heterocycles. The SMILES string of the molecule is C[C@H](CN[C@@H](CCNc1cccnc1N)c1ccccc1F)c1cccc(C(C)(C)C(=O)O)c1. The van der Waals surface area contributed by atoms with Crippen molar-refractivity contribution in [2.45, 2.75) is 44.6 Å². The molecule has 0 aliphatic carbocycles. The molecule has 1 heterocycles. The zero-order chi connectivity index (χ0) is 24.7. The summed E-state index contributed by atoms with van der Waals surface area (Å²) in [5, 5.41) is 16.4. The summed E-state index contributed by atoms with van der Waals surface area (Å²) in [7, 11) is 0. The van der Waals surface area contributed by atoms with Crippen LogP contribution in [0.25, 0.3) is 0 Å². The van der Waals surface area contributed by atoms with Gasteiger partial charge in [0.25, 0.3) is 0 Å². The molecule has 180 valence electrons. The molecule has 0 fully saturated rings. The summed E-state index contributed by atoms with van der Waals surface area (Å²) in [4.78, 5) is 15.7. The van der Waals surface area contributed by atoms with Crippen LogP contribution >= 0.6 is 0 Å². The quantitative estimate of drug-likeness (QED) is 0.315. The summed E-state index contributed by atoms with van der Waals surface area (Å²) in [5.41, 5.74) is 8.09. The van der Waals surface area contributed by atoms with Gasteiger partial charge < -0.3 is 21.5 Å². The van der Waals surface area contributed by atoms with Gasteiger partial charge in [-0.05, 0) is 55.5 Å². The van der Waals surface area contributed by atoms with E-state index < -0.39 is 11.4 Å². The number of carboxylic acids is 1. The van der Waals surface area contributed by atoms with Crippen LogP contribution in [0.3, 0.4) is 0 Å². The van der Waals surface area contributed by atoms with Crippen LogP contribution in [0.1, 0.15) is 55.8 Å². The number of nitrogens with one attached hydrogen (secondary N) is 2. The number of carbonyl (C=O) groups is 1. The van der Waals surface area contributed by atoms with Crippen molar-refractivity contribution in [3.05, 3.63) is 89.4 Å². The predicted octanol–water partition coefficient (Wildman–Crippen LogP) is 5.10. The van der Waals surface area contributed by atoms with Crippen LogP contribution in [-0.2, 0) is 10.2 Å². The zero-order valence-electron chi connectivity index (χ0n) is 19.9. The van der Waals surface area contributed by atoms with Crippen molar-refractivity contribution >= 4 is 17.5 Å². The van der Waals surface area contributed by atoms with Crippen molar-refractivity contribution in [3.8, 4) is 0 Å². The summed E-state index contributed by atoms with van der Waals surface area (Å²) in [6.07, 6.45) is 2.27. The Morgan fingerprint density at radius 2 is 1.91 bits per heavy atom. The number of halogens is 1. The number of nitrogens with two attached hydrogens (primary N) is 1. The van der Waals surface area contributed by atoms with Crippen LogP contribution in [0.2, 0.25) is 0 Å². The van der Waals surface area contributed by atoms with E-state index in [0.717, 1.165) is 16.8 Å². The van der Waals surface area contributed by atoms with Gasteiger partial charge in [0.2, 0.25) is 0 Å². The average molecular weight is 465 g/mol. The lowest BCUT2D eigenvalue weighted by Gasteiger charge is -2.24. The van der Waals surface area contributed by atoms with Gasteiger partial charge in [-0.3, -0.25) is 4.79 Å². The lowest BCUT2D eigenvalue weighted by atomic mass is 9.83. The van der Waals surface area contributed by atoms with Gasteiger partial charge in [0.05, 0.1) is 11.1 Å². The number of nitrogens with zero attached hydrogens (tertiary/aromatic N) is 1. The minimum atomic E-state index is -0.974. The normalized spacial score (nSPS) is 13.3. The van der Waals surface area contributed by atoms with E-state index in [0.29, 0.717) is 30.9 Å². The fourth-order valence-corrected chi connectivity index (χ4v) is 3.84. The van der Waals surface area contributed by atoms with E-state index in [1.165, 1.54) is 6.07 Å². The second-order valence-electron chi connectivity index (χ2n) is 9.09. The van der Waals surface area contributed by atoms with E-state index in [4.69, 9.17) is 5.73 Å². The Balaban J connectivity index is 1.71. The Morgan fingerprint density at radius 3 is 2.62 bits per heavy atom. The maximum atomic E-state index is 14.6. The van der Waals surface area contributed by atoms with E-state index in [1.54, 1.807) is 32.2 Å². The average Bonchev–Trinajstić information content (AvgIpc) is 2.82. The van der Waals surface area contributed by atoms with Crippen molar-refractivity contribution in [3.63, 3.8) is 0 Å². The molecule has 2 atom stereocenters. The minimum absolute atomic E-state index is 0.0979. The summed E-state index contributed by atoms with van der Waals surface area (Å²) in [6, 6.07) is 17.9. The van der Waals surface area contributed by atoms with Gasteiger partial charge >= 0.3 is 5.97 Å². The maximum absolute atomic E-state index is 14.6. The molecule has 6 nitrogen and oxygen atoms in total. The molecule has 0 aliphatic heterocycles. The van der Waals surface area contributed by atoms with Gasteiger partial charge in [-0.2, -0.15) is 0 Å². The van der Waals surface area contributed by atoms with Crippen LogP contribution in [0.4, 0.5) is 15.9 Å². The first kappa shape index (κ1) is 25.2. The number of carboxylic acid groups (broad SMARTS) is 1. The topological polar surface area (TPSA) is 100 Å². The molecule has 0 radical (unpaired) electrons. The third-order valence-electron chi connectivity index (χ3n) is 6.25. The van der Waals surface area contributed by atoms with Crippen molar-refractivity contribution in [2.24, 2.45) is 0 Å². The first-order valence-corrected chi connectivity index (χ1v) is 11.5. The van der Waals surface area contributed by atoms with Gasteiger partial charge in [-0.25, -0.2) is 9.37 Å². The first-order chi connectivity index (χ1) is 16.2. The molecule has 0 saturated carbocycles. The second kappa shape index (κ2) is 11.1. The summed E-state index contributed by atoms with van der Waals surface area (Å²) in [6.45, 7) is 6.66. The molecular weight excluding hydrogens is 431 g/mol. The van der Waals surface area contributed by atoms with E-state index in [2.05, 4.69) is 22.5 Å². The van der Waals surface area contributed by atoms with E-state index in [-0.39, 0.29) is 17.8 Å². The molecule has 1 aromatic heterocycles. The highest BCUT2D eigenvalue weighted by Gasteiger charge is 2.29. The molecule has 0 bridgehead atoms. The monoisotopic (exact) mass is 464 g/mol. The molecule has 0 amide bonds. The fourth-order valence-electron chi connectivity index (χ4n) is 3.84. The Morgan fingerprint density at radius 1 is 1.15 bits per heavy atom. The second-order valence-corrected chi connectivity index (χ2v) is 9.09. The molecule has 7 heteroatoms. The highest BCUT2D eigenvalue weighted by Crippen LogP contribution is 2.28. The van der Waals surface area contributed by atoms with E-state index in [9.17, 15) is 14.3 Å². The maximum Gasteiger partial charge on any atom is 0.313 e. The zero-order valence-corrected chi connectivity index (χ0v) is 19.9. The number of nitrogen functional groups attached to an aromatic ring is 1. The molecule has 34 heavy (non-hydrogen) atoms. The number of pyridine rings is 1. The number of aromatic nitrogens is 1. The summed E-state index contributed by atoms with van der Waals surface area (Å²) in [5.74, 6) is -0.591. The third kappa shape index (κ3) is 6.11. The highest BCUT2D eigenvalue weighted by atomic mass is 19.1. The molecule has 0 unspecified atom stereocenters. The summed E-state index contributed by atoms with van der Waals surface area (Å²) < 4.78 is 14.6. The van der Waals surface area contributed by atoms with Crippen LogP contribution < -0.4 is 16.4 Å². The Bertz CT molecular complexity index is 1120. The summed E-state index contributed by atoms with van der Waals surface area (Å²) >= 11 is 0. The van der Waals surface area contributed by atoms with Gasteiger partial charge in [0.1, 0.15) is 11.6 Å². The van der Waals surface area contributed by atoms with Crippen molar-refractivity contribution in [1.82, 2.24) is 10.3 Å². The van der Waals surface area contributed by atoms with E-state index in [1.807, 2.05) is 42.5 Å². The number of aliphatic carboxylic acids is 1. The van der Waals surface area contributed by atoms with Crippen molar-refractivity contribution < 1.29 is 14.3 Å².